The Bertz CT molecular complexity index is 794. The molecule has 0 saturated heterocycles. The van der Waals surface area contributed by atoms with Crippen LogP contribution in [0.1, 0.15) is 17.1 Å². The van der Waals surface area contributed by atoms with E-state index in [0.717, 1.165) is 5.76 Å². The standard InChI is InChI=1S/C17H15NO5/c1-10-4-5-12(22-10)9-15-17(19)23-16(18-15)11-6-13(20-2)8-14(7-11)21-3/h4-9H,1-3H3/b15-9-. The highest BCUT2D eigenvalue weighted by molar-refractivity contribution is 6.13. The molecule has 1 aliphatic rings. The summed E-state index contributed by atoms with van der Waals surface area (Å²) >= 11 is 0. The Morgan fingerprint density at radius 1 is 1.09 bits per heavy atom. The third kappa shape index (κ3) is 3.11. The Kier molecular flexibility index (Phi) is 3.89. The third-order valence-corrected chi connectivity index (χ3v) is 3.26. The molecule has 0 amide bonds. The summed E-state index contributed by atoms with van der Waals surface area (Å²) in [4.78, 5) is 16.2. The predicted octanol–water partition coefficient (Wildman–Crippen LogP) is 2.95. The zero-order chi connectivity index (χ0) is 16.4. The van der Waals surface area contributed by atoms with Crippen LogP contribution in [0.2, 0.25) is 0 Å². The van der Waals surface area contributed by atoms with Crippen LogP contribution in [0.25, 0.3) is 6.08 Å². The van der Waals surface area contributed by atoms with Gasteiger partial charge in [-0.05, 0) is 31.2 Å². The van der Waals surface area contributed by atoms with E-state index in [2.05, 4.69) is 4.99 Å². The van der Waals surface area contributed by atoms with E-state index in [1.807, 2.05) is 13.0 Å². The lowest BCUT2D eigenvalue weighted by molar-refractivity contribution is -0.129. The number of hydrogen-bond acceptors (Lipinski definition) is 6. The highest BCUT2D eigenvalue weighted by atomic mass is 16.6. The molecule has 0 radical (unpaired) electrons. The summed E-state index contributed by atoms with van der Waals surface area (Å²) in [6, 6.07) is 8.73. The van der Waals surface area contributed by atoms with Crippen molar-refractivity contribution in [2.45, 2.75) is 6.92 Å². The quantitative estimate of drug-likeness (QED) is 0.641. The van der Waals surface area contributed by atoms with Crippen LogP contribution < -0.4 is 9.47 Å². The first-order valence-corrected chi connectivity index (χ1v) is 6.91. The predicted molar refractivity (Wildman–Crippen MR) is 83.6 cm³/mol. The van der Waals surface area contributed by atoms with Crippen molar-refractivity contribution in [1.82, 2.24) is 0 Å². The van der Waals surface area contributed by atoms with Gasteiger partial charge in [0.1, 0.15) is 23.0 Å². The number of aliphatic imine (C=N–C) groups is 1. The number of ether oxygens (including phenoxy) is 3. The topological polar surface area (TPSA) is 70.3 Å². The molecule has 0 aliphatic carbocycles. The number of carbonyl (C=O) groups excluding carboxylic acids is 1. The van der Waals surface area contributed by atoms with Crippen LogP contribution in [0.5, 0.6) is 11.5 Å². The first kappa shape index (κ1) is 14.9. The smallest absolute Gasteiger partial charge is 0.363 e. The lowest BCUT2D eigenvalue weighted by Crippen LogP contribution is -2.06. The van der Waals surface area contributed by atoms with Crippen LogP contribution in [-0.4, -0.2) is 26.1 Å². The van der Waals surface area contributed by atoms with Gasteiger partial charge in [-0.2, -0.15) is 0 Å². The van der Waals surface area contributed by atoms with Crippen molar-refractivity contribution in [3.63, 3.8) is 0 Å². The first-order chi connectivity index (χ1) is 11.1. The highest BCUT2D eigenvalue weighted by Crippen LogP contribution is 2.26. The second kappa shape index (κ2) is 6.00. The van der Waals surface area contributed by atoms with Crippen LogP contribution in [0.3, 0.4) is 0 Å². The Hall–Kier alpha value is -3.02. The molecule has 2 heterocycles. The van der Waals surface area contributed by atoms with E-state index in [1.165, 1.54) is 0 Å². The van der Waals surface area contributed by atoms with Gasteiger partial charge in [0.25, 0.3) is 0 Å². The van der Waals surface area contributed by atoms with E-state index >= 15 is 0 Å². The molecule has 1 aliphatic heterocycles. The molecule has 0 unspecified atom stereocenters. The summed E-state index contributed by atoms with van der Waals surface area (Å²) in [6.45, 7) is 1.83. The lowest BCUT2D eigenvalue weighted by Gasteiger charge is -2.07. The maximum atomic E-state index is 12.0. The van der Waals surface area contributed by atoms with Crippen molar-refractivity contribution in [1.29, 1.82) is 0 Å². The Morgan fingerprint density at radius 2 is 1.78 bits per heavy atom. The van der Waals surface area contributed by atoms with Gasteiger partial charge in [0.15, 0.2) is 5.70 Å². The SMILES string of the molecule is COc1cc(OC)cc(C2=N/C(=C\c3ccc(C)o3)C(=O)O2)c1. The van der Waals surface area contributed by atoms with Crippen LogP contribution in [-0.2, 0) is 9.53 Å². The van der Waals surface area contributed by atoms with Gasteiger partial charge in [-0.3, -0.25) is 0 Å². The van der Waals surface area contributed by atoms with Crippen LogP contribution in [0, 0.1) is 6.92 Å². The van der Waals surface area contributed by atoms with Gasteiger partial charge in [0.05, 0.1) is 14.2 Å². The van der Waals surface area contributed by atoms with E-state index in [9.17, 15) is 4.79 Å². The molecule has 23 heavy (non-hydrogen) atoms. The molecule has 118 valence electrons. The first-order valence-electron chi connectivity index (χ1n) is 6.91. The minimum absolute atomic E-state index is 0.177. The van der Waals surface area contributed by atoms with Crippen molar-refractivity contribution in [3.05, 3.63) is 53.1 Å². The van der Waals surface area contributed by atoms with Crippen molar-refractivity contribution in [3.8, 4) is 11.5 Å². The van der Waals surface area contributed by atoms with Gasteiger partial charge in [0, 0.05) is 17.7 Å². The number of furan rings is 1. The number of hydrogen-bond donors (Lipinski definition) is 0. The maximum Gasteiger partial charge on any atom is 0.363 e. The fraction of sp³-hybridized carbons (Fsp3) is 0.176. The van der Waals surface area contributed by atoms with Gasteiger partial charge in [-0.15, -0.1) is 0 Å². The van der Waals surface area contributed by atoms with Gasteiger partial charge >= 0.3 is 5.97 Å². The monoisotopic (exact) mass is 313 g/mol. The number of nitrogens with zero attached hydrogens (tertiary/aromatic N) is 1. The summed E-state index contributed by atoms with van der Waals surface area (Å²) in [5, 5.41) is 0. The second-order valence-electron chi connectivity index (χ2n) is 4.89. The van der Waals surface area contributed by atoms with Gasteiger partial charge in [0.2, 0.25) is 5.90 Å². The lowest BCUT2D eigenvalue weighted by atomic mass is 10.2. The number of esters is 1. The van der Waals surface area contributed by atoms with Gasteiger partial charge in [-0.1, -0.05) is 0 Å². The fourth-order valence-corrected chi connectivity index (χ4v) is 2.13. The zero-order valence-corrected chi connectivity index (χ0v) is 13.0. The minimum atomic E-state index is -0.532. The third-order valence-electron chi connectivity index (χ3n) is 3.26. The second-order valence-corrected chi connectivity index (χ2v) is 4.89. The number of aryl methyl sites for hydroxylation is 1. The molecule has 3 rings (SSSR count). The van der Waals surface area contributed by atoms with E-state index in [4.69, 9.17) is 18.6 Å². The molecule has 0 bridgehead atoms. The Morgan fingerprint density at radius 3 is 2.35 bits per heavy atom. The molecule has 6 nitrogen and oxygen atoms in total. The average Bonchev–Trinajstić information content (AvgIpc) is 3.13. The molecule has 1 aromatic heterocycles. The molecule has 0 N–H and O–H groups in total. The molecule has 0 saturated carbocycles. The number of cyclic esters (lactones) is 1. The number of methoxy groups -OCH3 is 2. The van der Waals surface area contributed by atoms with Crippen LogP contribution in [0.4, 0.5) is 0 Å². The molecular formula is C17H15NO5. The summed E-state index contributed by atoms with van der Waals surface area (Å²) in [6.07, 6.45) is 1.54. The number of rotatable bonds is 4. The average molecular weight is 313 g/mol. The number of carbonyl (C=O) groups is 1. The van der Waals surface area contributed by atoms with E-state index < -0.39 is 5.97 Å². The van der Waals surface area contributed by atoms with Crippen molar-refractivity contribution < 1.29 is 23.4 Å². The van der Waals surface area contributed by atoms with Crippen LogP contribution >= 0.6 is 0 Å². The van der Waals surface area contributed by atoms with E-state index in [-0.39, 0.29) is 11.6 Å². The molecule has 0 atom stereocenters. The minimum Gasteiger partial charge on any atom is -0.497 e. The van der Waals surface area contributed by atoms with Gasteiger partial charge in [-0.25, -0.2) is 9.79 Å². The molecule has 0 spiro atoms. The van der Waals surface area contributed by atoms with Crippen molar-refractivity contribution in [2.24, 2.45) is 4.99 Å². The summed E-state index contributed by atoms with van der Waals surface area (Å²) in [5.41, 5.74) is 0.768. The van der Waals surface area contributed by atoms with Crippen molar-refractivity contribution >= 4 is 17.9 Å². The summed E-state index contributed by atoms with van der Waals surface area (Å²) < 4.78 is 21.1. The van der Waals surface area contributed by atoms with E-state index in [0.29, 0.717) is 22.8 Å². The summed E-state index contributed by atoms with van der Waals surface area (Å²) in [7, 11) is 3.09. The largest absolute Gasteiger partial charge is 0.497 e. The Balaban J connectivity index is 1.96. The van der Waals surface area contributed by atoms with E-state index in [1.54, 1.807) is 44.6 Å². The molecule has 0 fully saturated rings. The van der Waals surface area contributed by atoms with Crippen LogP contribution in [0.15, 0.2) is 45.4 Å². The number of benzene rings is 1. The van der Waals surface area contributed by atoms with Gasteiger partial charge < -0.3 is 18.6 Å². The summed E-state index contributed by atoms with van der Waals surface area (Å²) in [5.74, 6) is 2.12. The van der Waals surface area contributed by atoms with Crippen molar-refractivity contribution in [2.75, 3.05) is 14.2 Å². The maximum absolute atomic E-state index is 12.0. The molecule has 2 aromatic rings. The fourth-order valence-electron chi connectivity index (χ4n) is 2.13. The highest BCUT2D eigenvalue weighted by Gasteiger charge is 2.25. The normalized spacial score (nSPS) is 15.5. The zero-order valence-electron chi connectivity index (χ0n) is 13.0. The molecular weight excluding hydrogens is 298 g/mol. The Labute approximate surface area is 133 Å². The molecule has 6 heteroatoms. The molecule has 1 aromatic carbocycles.